The predicted molar refractivity (Wildman–Crippen MR) is 63.0 cm³/mol. The third-order valence-corrected chi connectivity index (χ3v) is 2.29. The highest BCUT2D eigenvalue weighted by Crippen LogP contribution is 2.23. The lowest BCUT2D eigenvalue weighted by atomic mass is 10.1. The first kappa shape index (κ1) is 11.8. The summed E-state index contributed by atoms with van der Waals surface area (Å²) < 4.78 is 10.6. The van der Waals surface area contributed by atoms with Gasteiger partial charge >= 0.3 is 0 Å². The SMILES string of the molecule is C=C(C)c1ccc(OC(C)OC)c(C)c1. The molecule has 0 bridgehead atoms. The Kier molecular flexibility index (Phi) is 3.92. The molecule has 0 fully saturated rings. The molecule has 0 spiro atoms. The van der Waals surface area contributed by atoms with Crippen molar-refractivity contribution in [2.24, 2.45) is 0 Å². The maximum absolute atomic E-state index is 5.58. The van der Waals surface area contributed by atoms with Crippen molar-refractivity contribution in [1.82, 2.24) is 0 Å². The molecule has 0 N–H and O–H groups in total. The van der Waals surface area contributed by atoms with E-state index in [9.17, 15) is 0 Å². The first-order valence-electron chi connectivity index (χ1n) is 5.00. The molecular weight excluding hydrogens is 188 g/mol. The smallest absolute Gasteiger partial charge is 0.196 e. The third-order valence-electron chi connectivity index (χ3n) is 2.29. The van der Waals surface area contributed by atoms with Gasteiger partial charge in [-0.2, -0.15) is 0 Å². The lowest BCUT2D eigenvalue weighted by Crippen LogP contribution is -2.14. The van der Waals surface area contributed by atoms with E-state index in [0.717, 1.165) is 22.4 Å². The molecule has 0 heterocycles. The molecule has 82 valence electrons. The van der Waals surface area contributed by atoms with Crippen molar-refractivity contribution in [3.05, 3.63) is 35.9 Å². The van der Waals surface area contributed by atoms with Gasteiger partial charge in [0.05, 0.1) is 0 Å². The summed E-state index contributed by atoms with van der Waals surface area (Å²) in [5.74, 6) is 0.856. The number of allylic oxidation sites excluding steroid dienone is 1. The summed E-state index contributed by atoms with van der Waals surface area (Å²) in [4.78, 5) is 0. The summed E-state index contributed by atoms with van der Waals surface area (Å²) >= 11 is 0. The Morgan fingerprint density at radius 2 is 2.07 bits per heavy atom. The number of methoxy groups -OCH3 is 1. The highest BCUT2D eigenvalue weighted by atomic mass is 16.7. The molecule has 0 saturated heterocycles. The lowest BCUT2D eigenvalue weighted by molar-refractivity contribution is -0.0386. The van der Waals surface area contributed by atoms with Crippen LogP contribution < -0.4 is 4.74 Å². The van der Waals surface area contributed by atoms with Crippen LogP contribution in [0.25, 0.3) is 5.57 Å². The van der Waals surface area contributed by atoms with Crippen LogP contribution in [0.2, 0.25) is 0 Å². The molecule has 0 aliphatic carbocycles. The topological polar surface area (TPSA) is 18.5 Å². The summed E-state index contributed by atoms with van der Waals surface area (Å²) in [5, 5.41) is 0. The Balaban J connectivity index is 2.88. The summed E-state index contributed by atoms with van der Waals surface area (Å²) in [5.41, 5.74) is 3.30. The summed E-state index contributed by atoms with van der Waals surface area (Å²) in [7, 11) is 1.63. The molecular formula is C13H18O2. The highest BCUT2D eigenvalue weighted by molar-refractivity contribution is 5.63. The van der Waals surface area contributed by atoms with Crippen LogP contribution in [-0.2, 0) is 4.74 Å². The minimum Gasteiger partial charge on any atom is -0.465 e. The van der Waals surface area contributed by atoms with Crippen molar-refractivity contribution in [2.75, 3.05) is 7.11 Å². The minimum absolute atomic E-state index is 0.223. The van der Waals surface area contributed by atoms with Gasteiger partial charge in [-0.25, -0.2) is 0 Å². The van der Waals surface area contributed by atoms with Crippen molar-refractivity contribution in [3.63, 3.8) is 0 Å². The van der Waals surface area contributed by atoms with Crippen LogP contribution in [0, 0.1) is 6.92 Å². The van der Waals surface area contributed by atoms with Gasteiger partial charge in [-0.1, -0.05) is 18.2 Å². The van der Waals surface area contributed by atoms with E-state index in [0.29, 0.717) is 0 Å². The first-order valence-corrected chi connectivity index (χ1v) is 5.00. The number of rotatable bonds is 4. The first-order chi connectivity index (χ1) is 7.04. The van der Waals surface area contributed by atoms with Gasteiger partial charge in [-0.05, 0) is 44.0 Å². The van der Waals surface area contributed by atoms with Gasteiger partial charge in [0.25, 0.3) is 0 Å². The largest absolute Gasteiger partial charge is 0.465 e. The maximum atomic E-state index is 5.58. The Bertz CT molecular complexity index is 356. The Labute approximate surface area is 91.5 Å². The average molecular weight is 206 g/mol. The molecule has 1 aromatic rings. The van der Waals surface area contributed by atoms with Crippen LogP contribution in [0.5, 0.6) is 5.75 Å². The van der Waals surface area contributed by atoms with Gasteiger partial charge in [0.2, 0.25) is 0 Å². The summed E-state index contributed by atoms with van der Waals surface area (Å²) in [6.07, 6.45) is -0.223. The standard InChI is InChI=1S/C13H18O2/c1-9(2)12-6-7-13(10(3)8-12)15-11(4)14-5/h6-8,11H,1H2,2-5H3. The molecule has 15 heavy (non-hydrogen) atoms. The summed E-state index contributed by atoms with van der Waals surface area (Å²) in [6, 6.07) is 6.03. The highest BCUT2D eigenvalue weighted by Gasteiger charge is 2.05. The van der Waals surface area contributed by atoms with Crippen molar-refractivity contribution in [1.29, 1.82) is 0 Å². The second-order valence-corrected chi connectivity index (χ2v) is 3.68. The van der Waals surface area contributed by atoms with Crippen LogP contribution in [0.1, 0.15) is 25.0 Å². The van der Waals surface area contributed by atoms with E-state index in [1.165, 1.54) is 0 Å². The summed E-state index contributed by atoms with van der Waals surface area (Å²) in [6.45, 7) is 9.79. The zero-order chi connectivity index (χ0) is 11.4. The van der Waals surface area contributed by atoms with E-state index in [4.69, 9.17) is 9.47 Å². The fourth-order valence-corrected chi connectivity index (χ4v) is 1.27. The Morgan fingerprint density at radius 3 is 2.53 bits per heavy atom. The Hall–Kier alpha value is -1.28. The fourth-order valence-electron chi connectivity index (χ4n) is 1.27. The number of aryl methyl sites for hydroxylation is 1. The normalized spacial score (nSPS) is 12.3. The van der Waals surface area contributed by atoms with E-state index < -0.39 is 0 Å². The third kappa shape index (κ3) is 3.10. The van der Waals surface area contributed by atoms with Gasteiger partial charge < -0.3 is 9.47 Å². The van der Waals surface area contributed by atoms with Gasteiger partial charge in [0, 0.05) is 7.11 Å². The molecule has 0 aliphatic rings. The fraction of sp³-hybridized carbons (Fsp3) is 0.385. The van der Waals surface area contributed by atoms with Crippen LogP contribution in [0.15, 0.2) is 24.8 Å². The molecule has 1 unspecified atom stereocenters. The molecule has 0 saturated carbocycles. The van der Waals surface area contributed by atoms with Crippen LogP contribution in [0.4, 0.5) is 0 Å². The van der Waals surface area contributed by atoms with Gasteiger partial charge in [0.1, 0.15) is 5.75 Å². The van der Waals surface area contributed by atoms with Crippen LogP contribution in [0.3, 0.4) is 0 Å². The second kappa shape index (κ2) is 4.99. The molecule has 2 heteroatoms. The zero-order valence-electron chi connectivity index (χ0n) is 9.83. The van der Waals surface area contributed by atoms with E-state index in [1.54, 1.807) is 7.11 Å². The number of hydrogen-bond acceptors (Lipinski definition) is 2. The predicted octanol–water partition coefficient (Wildman–Crippen LogP) is 3.40. The van der Waals surface area contributed by atoms with Crippen molar-refractivity contribution in [3.8, 4) is 5.75 Å². The second-order valence-electron chi connectivity index (χ2n) is 3.68. The van der Waals surface area contributed by atoms with E-state index in [-0.39, 0.29) is 6.29 Å². The van der Waals surface area contributed by atoms with Crippen molar-refractivity contribution >= 4 is 5.57 Å². The number of hydrogen-bond donors (Lipinski definition) is 0. The Morgan fingerprint density at radius 1 is 1.40 bits per heavy atom. The number of benzene rings is 1. The van der Waals surface area contributed by atoms with Crippen molar-refractivity contribution in [2.45, 2.75) is 27.1 Å². The molecule has 2 nitrogen and oxygen atoms in total. The molecule has 0 aromatic heterocycles. The van der Waals surface area contributed by atoms with Gasteiger partial charge in [0.15, 0.2) is 6.29 Å². The van der Waals surface area contributed by atoms with E-state index >= 15 is 0 Å². The monoisotopic (exact) mass is 206 g/mol. The minimum atomic E-state index is -0.223. The van der Waals surface area contributed by atoms with Gasteiger partial charge in [-0.3, -0.25) is 0 Å². The molecule has 1 aromatic carbocycles. The van der Waals surface area contributed by atoms with E-state index in [2.05, 4.69) is 12.6 Å². The van der Waals surface area contributed by atoms with E-state index in [1.807, 2.05) is 32.9 Å². The molecule has 1 rings (SSSR count). The molecule has 0 aliphatic heterocycles. The molecule has 1 atom stereocenters. The lowest BCUT2D eigenvalue weighted by Gasteiger charge is -2.15. The van der Waals surface area contributed by atoms with Gasteiger partial charge in [-0.15, -0.1) is 0 Å². The quantitative estimate of drug-likeness (QED) is 0.703. The number of ether oxygens (including phenoxy) is 2. The zero-order valence-corrected chi connectivity index (χ0v) is 9.83. The molecule has 0 amide bonds. The average Bonchev–Trinajstić information content (AvgIpc) is 2.20. The van der Waals surface area contributed by atoms with Crippen LogP contribution >= 0.6 is 0 Å². The van der Waals surface area contributed by atoms with Crippen molar-refractivity contribution < 1.29 is 9.47 Å². The van der Waals surface area contributed by atoms with Crippen LogP contribution in [-0.4, -0.2) is 13.4 Å². The maximum Gasteiger partial charge on any atom is 0.196 e. The molecule has 0 radical (unpaired) electrons.